The number of hydrogen-bond donors (Lipinski definition) is 1. The second-order valence-corrected chi connectivity index (χ2v) is 7.45. The quantitative estimate of drug-likeness (QED) is 0.654. The van der Waals surface area contributed by atoms with Gasteiger partial charge in [0.05, 0.1) is 5.69 Å². The summed E-state index contributed by atoms with van der Waals surface area (Å²) in [7, 11) is 0. The fourth-order valence-corrected chi connectivity index (χ4v) is 3.12. The lowest BCUT2D eigenvalue weighted by atomic mass is 10.1. The molecule has 3 rings (SSSR count). The number of fused-ring (bicyclic) bond motifs is 1. The molecule has 1 N–H and O–H groups in total. The van der Waals surface area contributed by atoms with Gasteiger partial charge in [-0.1, -0.05) is 6.92 Å². The fourth-order valence-electron chi connectivity index (χ4n) is 3.12. The van der Waals surface area contributed by atoms with E-state index in [1.54, 1.807) is 19.1 Å². The van der Waals surface area contributed by atoms with Crippen LogP contribution in [0.4, 0.5) is 10.1 Å². The lowest BCUT2D eigenvalue weighted by Gasteiger charge is -2.29. The molecule has 0 radical (unpaired) electrons. The summed E-state index contributed by atoms with van der Waals surface area (Å²) in [5.41, 5.74) is 1.25. The molecular formula is C23H25FN2O5. The third-order valence-electron chi connectivity index (χ3n) is 5.04. The van der Waals surface area contributed by atoms with Gasteiger partial charge in [0.2, 0.25) is 5.91 Å². The first-order chi connectivity index (χ1) is 14.8. The number of Topliss-reactive ketones (excluding diaryl/α,β-unsaturated/α-hetero) is 1. The Balaban J connectivity index is 1.75. The molecule has 31 heavy (non-hydrogen) atoms. The first-order valence-corrected chi connectivity index (χ1v) is 10.1. The van der Waals surface area contributed by atoms with E-state index in [-0.39, 0.29) is 49.2 Å². The molecule has 0 bridgehead atoms. The molecule has 1 heterocycles. The van der Waals surface area contributed by atoms with E-state index >= 15 is 0 Å². The van der Waals surface area contributed by atoms with Crippen molar-refractivity contribution in [2.45, 2.75) is 33.2 Å². The van der Waals surface area contributed by atoms with E-state index in [0.717, 1.165) is 6.42 Å². The summed E-state index contributed by atoms with van der Waals surface area (Å²) >= 11 is 0. The minimum absolute atomic E-state index is 0.0110. The third kappa shape index (κ3) is 5.39. The molecule has 0 saturated heterocycles. The number of nitrogens with zero attached hydrogens (tertiary/aromatic N) is 1. The van der Waals surface area contributed by atoms with Crippen molar-refractivity contribution in [1.82, 2.24) is 5.32 Å². The SMILES string of the molecule is CCC(C)NC(=O)CN1C(=O)COc2ccc(C(=O)COc3ccc(F)cc3C)cc21. The van der Waals surface area contributed by atoms with Crippen LogP contribution >= 0.6 is 0 Å². The van der Waals surface area contributed by atoms with Crippen LogP contribution < -0.4 is 19.7 Å². The van der Waals surface area contributed by atoms with Crippen molar-refractivity contribution < 1.29 is 28.2 Å². The van der Waals surface area contributed by atoms with E-state index in [9.17, 15) is 18.8 Å². The minimum Gasteiger partial charge on any atom is -0.485 e. The molecule has 2 amide bonds. The maximum absolute atomic E-state index is 13.2. The Morgan fingerprint density at radius 1 is 1.26 bits per heavy atom. The molecule has 164 valence electrons. The predicted molar refractivity (Wildman–Crippen MR) is 113 cm³/mol. The molecule has 0 fully saturated rings. The average Bonchev–Trinajstić information content (AvgIpc) is 2.74. The van der Waals surface area contributed by atoms with Crippen LogP contribution in [0.3, 0.4) is 0 Å². The standard InChI is InChI=1S/C23H25FN2O5/c1-4-15(3)25-22(28)11-26-18-10-16(5-7-21(18)31-13-23(26)29)19(27)12-30-20-8-6-17(24)9-14(20)2/h5-10,15H,4,11-13H2,1-3H3,(H,25,28). The predicted octanol–water partition coefficient (Wildman–Crippen LogP) is 3.04. The summed E-state index contributed by atoms with van der Waals surface area (Å²) in [6.07, 6.45) is 0.769. The van der Waals surface area contributed by atoms with Crippen molar-refractivity contribution in [2.24, 2.45) is 0 Å². The van der Waals surface area contributed by atoms with E-state index in [1.165, 1.54) is 29.2 Å². The smallest absolute Gasteiger partial charge is 0.265 e. The van der Waals surface area contributed by atoms with Gasteiger partial charge in [-0.05, 0) is 62.2 Å². The molecular weight excluding hydrogens is 403 g/mol. The number of rotatable bonds is 8. The van der Waals surface area contributed by atoms with Gasteiger partial charge >= 0.3 is 0 Å². The van der Waals surface area contributed by atoms with Gasteiger partial charge in [0.15, 0.2) is 19.0 Å². The Labute approximate surface area is 180 Å². The van der Waals surface area contributed by atoms with E-state index in [0.29, 0.717) is 28.3 Å². The second-order valence-electron chi connectivity index (χ2n) is 7.45. The number of anilines is 1. The van der Waals surface area contributed by atoms with Crippen molar-refractivity contribution in [1.29, 1.82) is 0 Å². The molecule has 1 unspecified atom stereocenters. The molecule has 7 nitrogen and oxygen atoms in total. The number of hydrogen-bond acceptors (Lipinski definition) is 5. The second kappa shape index (κ2) is 9.59. The first kappa shape index (κ1) is 22.3. The van der Waals surface area contributed by atoms with Gasteiger partial charge in [0.1, 0.15) is 23.9 Å². The largest absolute Gasteiger partial charge is 0.485 e. The number of nitrogens with one attached hydrogen (secondary N) is 1. The number of benzene rings is 2. The number of halogens is 1. The number of ketones is 1. The Hall–Kier alpha value is -3.42. The summed E-state index contributed by atoms with van der Waals surface area (Å²) < 4.78 is 24.2. The first-order valence-electron chi connectivity index (χ1n) is 10.1. The maximum Gasteiger partial charge on any atom is 0.265 e. The van der Waals surface area contributed by atoms with Crippen LogP contribution in [0.15, 0.2) is 36.4 Å². The summed E-state index contributed by atoms with van der Waals surface area (Å²) in [5.74, 6) is -0.532. The Morgan fingerprint density at radius 3 is 2.74 bits per heavy atom. The van der Waals surface area contributed by atoms with Crippen LogP contribution in [0.5, 0.6) is 11.5 Å². The van der Waals surface area contributed by atoms with Crippen molar-refractivity contribution in [3.8, 4) is 11.5 Å². The number of carbonyl (C=O) groups excluding carboxylic acids is 3. The Kier molecular flexibility index (Phi) is 6.89. The van der Waals surface area contributed by atoms with Gasteiger partial charge < -0.3 is 14.8 Å². The average molecular weight is 428 g/mol. The molecule has 0 spiro atoms. The summed E-state index contributed by atoms with van der Waals surface area (Å²) in [6.45, 7) is 4.92. The van der Waals surface area contributed by atoms with Gasteiger partial charge in [-0.15, -0.1) is 0 Å². The number of amides is 2. The Bertz CT molecular complexity index is 1010. The molecule has 0 aromatic heterocycles. The molecule has 1 atom stereocenters. The van der Waals surface area contributed by atoms with Crippen molar-refractivity contribution in [3.63, 3.8) is 0 Å². The van der Waals surface area contributed by atoms with Crippen molar-refractivity contribution in [3.05, 3.63) is 53.3 Å². The number of aryl methyl sites for hydroxylation is 1. The third-order valence-corrected chi connectivity index (χ3v) is 5.04. The summed E-state index contributed by atoms with van der Waals surface area (Å²) in [5, 5.41) is 2.83. The van der Waals surface area contributed by atoms with Crippen LogP contribution in [0.1, 0.15) is 36.2 Å². The maximum atomic E-state index is 13.2. The molecule has 8 heteroatoms. The molecule has 0 aliphatic carbocycles. The van der Waals surface area contributed by atoms with E-state index < -0.39 is 0 Å². The van der Waals surface area contributed by atoms with Crippen molar-refractivity contribution in [2.75, 3.05) is 24.7 Å². The van der Waals surface area contributed by atoms with Gasteiger partial charge in [-0.25, -0.2) is 4.39 Å². The lowest BCUT2D eigenvalue weighted by Crippen LogP contribution is -2.46. The topological polar surface area (TPSA) is 84.9 Å². The van der Waals surface area contributed by atoms with E-state index in [4.69, 9.17) is 9.47 Å². The van der Waals surface area contributed by atoms with E-state index in [2.05, 4.69) is 5.32 Å². The van der Waals surface area contributed by atoms with Gasteiger partial charge in [0, 0.05) is 11.6 Å². The highest BCUT2D eigenvalue weighted by atomic mass is 19.1. The zero-order chi connectivity index (χ0) is 22.5. The van der Waals surface area contributed by atoms with Crippen LogP contribution in [-0.2, 0) is 9.59 Å². The highest BCUT2D eigenvalue weighted by Gasteiger charge is 2.28. The molecule has 1 aliphatic heterocycles. The fraction of sp³-hybridized carbons (Fsp3) is 0.348. The number of carbonyl (C=O) groups is 3. The van der Waals surface area contributed by atoms with E-state index in [1.807, 2.05) is 13.8 Å². The monoisotopic (exact) mass is 428 g/mol. The van der Waals surface area contributed by atoms with Gasteiger partial charge in [-0.2, -0.15) is 0 Å². The van der Waals surface area contributed by atoms with Crippen LogP contribution in [0, 0.1) is 12.7 Å². The van der Waals surface area contributed by atoms with Gasteiger partial charge in [0.25, 0.3) is 5.91 Å². The van der Waals surface area contributed by atoms with Crippen LogP contribution in [0.25, 0.3) is 0 Å². The highest BCUT2D eigenvalue weighted by Crippen LogP contribution is 2.33. The molecule has 2 aromatic rings. The molecule has 2 aromatic carbocycles. The van der Waals surface area contributed by atoms with Crippen LogP contribution in [0.2, 0.25) is 0 Å². The van der Waals surface area contributed by atoms with Crippen LogP contribution in [-0.4, -0.2) is 43.4 Å². The zero-order valence-corrected chi connectivity index (χ0v) is 17.7. The zero-order valence-electron chi connectivity index (χ0n) is 17.7. The molecule has 0 saturated carbocycles. The van der Waals surface area contributed by atoms with Crippen molar-refractivity contribution >= 4 is 23.3 Å². The lowest BCUT2D eigenvalue weighted by molar-refractivity contribution is -0.125. The summed E-state index contributed by atoms with van der Waals surface area (Å²) in [4.78, 5) is 38.7. The Morgan fingerprint density at radius 2 is 2.03 bits per heavy atom. The highest BCUT2D eigenvalue weighted by molar-refractivity contribution is 6.04. The molecule has 1 aliphatic rings. The van der Waals surface area contributed by atoms with Gasteiger partial charge in [-0.3, -0.25) is 19.3 Å². The minimum atomic E-state index is -0.381. The normalized spacial score (nSPS) is 13.8. The summed E-state index contributed by atoms with van der Waals surface area (Å²) in [6, 6.07) is 8.73. The number of ether oxygens (including phenoxy) is 2.